The molecule has 1 fully saturated rings. The fourth-order valence-electron chi connectivity index (χ4n) is 1.78. The van der Waals surface area contributed by atoms with Gasteiger partial charge < -0.3 is 14.4 Å². The monoisotopic (exact) mass is 321 g/mol. The summed E-state index contributed by atoms with van der Waals surface area (Å²) in [7, 11) is 0. The van der Waals surface area contributed by atoms with Crippen molar-refractivity contribution in [2.45, 2.75) is 63.7 Å². The van der Waals surface area contributed by atoms with E-state index >= 15 is 0 Å². The highest BCUT2D eigenvalue weighted by Gasteiger charge is 2.38. The first-order chi connectivity index (χ1) is 7.98. The first-order valence-electron chi connectivity index (χ1n) is 6.28. The molecule has 1 heterocycles. The molecule has 1 rings (SSSR count). The quantitative estimate of drug-likeness (QED) is 0.696. The Morgan fingerprint density at radius 3 is 2.11 bits per heavy atom. The molecular weight excluding hydrogens is 298 g/mol. The van der Waals surface area contributed by atoms with Crippen LogP contribution in [0.1, 0.15) is 41.5 Å². The molecule has 5 heteroatoms. The van der Waals surface area contributed by atoms with Gasteiger partial charge in [-0.2, -0.15) is 0 Å². The standard InChI is InChI=1S/C13H24BrNO3/c1-12(2,3)17-10-8-15(7-9(10)14)11(16)18-13(4,5)6/h9-10H,7-8H2,1-6H3. The molecule has 1 aliphatic rings. The molecule has 2 atom stereocenters. The van der Waals surface area contributed by atoms with Crippen LogP contribution in [0.3, 0.4) is 0 Å². The van der Waals surface area contributed by atoms with Gasteiger partial charge in [-0.25, -0.2) is 4.79 Å². The van der Waals surface area contributed by atoms with Crippen LogP contribution in [0, 0.1) is 0 Å². The van der Waals surface area contributed by atoms with Crippen molar-refractivity contribution in [3.63, 3.8) is 0 Å². The van der Waals surface area contributed by atoms with Crippen LogP contribution in [0.4, 0.5) is 4.79 Å². The lowest BCUT2D eigenvalue weighted by Crippen LogP contribution is -2.37. The number of amides is 1. The van der Waals surface area contributed by atoms with Gasteiger partial charge in [-0.1, -0.05) is 15.9 Å². The molecule has 0 aromatic heterocycles. The van der Waals surface area contributed by atoms with Crippen LogP contribution >= 0.6 is 15.9 Å². The Hall–Kier alpha value is -0.290. The van der Waals surface area contributed by atoms with Crippen LogP contribution in [0.15, 0.2) is 0 Å². The molecule has 1 amide bonds. The van der Waals surface area contributed by atoms with Gasteiger partial charge in [0.15, 0.2) is 0 Å². The van der Waals surface area contributed by atoms with E-state index in [1.807, 2.05) is 41.5 Å². The molecule has 2 unspecified atom stereocenters. The molecular formula is C13H24BrNO3. The number of likely N-dealkylation sites (tertiary alicyclic amines) is 1. The van der Waals surface area contributed by atoms with Gasteiger partial charge in [-0.05, 0) is 41.5 Å². The average Bonchev–Trinajstić information content (AvgIpc) is 2.42. The van der Waals surface area contributed by atoms with Crippen molar-refractivity contribution in [2.24, 2.45) is 0 Å². The van der Waals surface area contributed by atoms with Crippen molar-refractivity contribution in [1.29, 1.82) is 0 Å². The van der Waals surface area contributed by atoms with Gasteiger partial charge in [0.25, 0.3) is 0 Å². The normalized spacial score (nSPS) is 25.4. The van der Waals surface area contributed by atoms with E-state index in [2.05, 4.69) is 15.9 Å². The first-order valence-corrected chi connectivity index (χ1v) is 7.19. The van der Waals surface area contributed by atoms with Crippen LogP contribution in [-0.2, 0) is 9.47 Å². The number of rotatable bonds is 1. The van der Waals surface area contributed by atoms with Crippen LogP contribution in [0.25, 0.3) is 0 Å². The molecule has 0 bridgehead atoms. The minimum absolute atomic E-state index is 0.0116. The van der Waals surface area contributed by atoms with Crippen LogP contribution in [-0.4, -0.2) is 46.2 Å². The summed E-state index contributed by atoms with van der Waals surface area (Å²) in [4.78, 5) is 13.8. The van der Waals surface area contributed by atoms with Crippen molar-refractivity contribution >= 4 is 22.0 Å². The summed E-state index contributed by atoms with van der Waals surface area (Å²) in [6.07, 6.45) is -0.260. The number of halogens is 1. The second-order valence-electron chi connectivity index (χ2n) is 6.67. The van der Waals surface area contributed by atoms with Crippen molar-refractivity contribution in [2.75, 3.05) is 13.1 Å². The SMILES string of the molecule is CC(C)(C)OC(=O)N1CC(Br)C(OC(C)(C)C)C1. The molecule has 0 saturated carbocycles. The van der Waals surface area contributed by atoms with Crippen molar-refractivity contribution in [1.82, 2.24) is 4.90 Å². The smallest absolute Gasteiger partial charge is 0.410 e. The largest absolute Gasteiger partial charge is 0.444 e. The number of carbonyl (C=O) groups is 1. The number of alkyl halides is 1. The summed E-state index contributed by atoms with van der Waals surface area (Å²) in [6, 6.07) is 0. The van der Waals surface area contributed by atoms with Gasteiger partial charge in [-0.15, -0.1) is 0 Å². The summed E-state index contributed by atoms with van der Waals surface area (Å²) in [5.41, 5.74) is -0.664. The Kier molecular flexibility index (Phi) is 4.70. The minimum Gasteiger partial charge on any atom is -0.444 e. The van der Waals surface area contributed by atoms with E-state index in [0.29, 0.717) is 13.1 Å². The van der Waals surface area contributed by atoms with E-state index in [0.717, 1.165) is 0 Å². The zero-order chi connectivity index (χ0) is 14.1. The van der Waals surface area contributed by atoms with Crippen molar-refractivity contribution in [3.8, 4) is 0 Å². The van der Waals surface area contributed by atoms with Crippen LogP contribution < -0.4 is 0 Å². The highest BCUT2D eigenvalue weighted by Crippen LogP contribution is 2.26. The lowest BCUT2D eigenvalue weighted by molar-refractivity contribution is -0.0525. The molecule has 18 heavy (non-hydrogen) atoms. The predicted octanol–water partition coefficient (Wildman–Crippen LogP) is 3.18. The van der Waals surface area contributed by atoms with Crippen molar-refractivity contribution in [3.05, 3.63) is 0 Å². The summed E-state index contributed by atoms with van der Waals surface area (Å²) < 4.78 is 11.3. The van der Waals surface area contributed by atoms with Gasteiger partial charge in [0, 0.05) is 6.54 Å². The van der Waals surface area contributed by atoms with Gasteiger partial charge in [0.05, 0.1) is 23.1 Å². The molecule has 0 aromatic rings. The molecule has 1 saturated heterocycles. The Balaban J connectivity index is 2.56. The maximum Gasteiger partial charge on any atom is 0.410 e. The minimum atomic E-state index is -0.456. The predicted molar refractivity (Wildman–Crippen MR) is 75.1 cm³/mol. The molecule has 0 spiro atoms. The third kappa shape index (κ3) is 5.14. The van der Waals surface area contributed by atoms with E-state index in [1.165, 1.54) is 0 Å². The van der Waals surface area contributed by atoms with Gasteiger partial charge >= 0.3 is 6.09 Å². The number of carbonyl (C=O) groups excluding carboxylic acids is 1. The zero-order valence-electron chi connectivity index (χ0n) is 12.1. The van der Waals surface area contributed by atoms with Crippen molar-refractivity contribution < 1.29 is 14.3 Å². The fraction of sp³-hybridized carbons (Fsp3) is 0.923. The third-order valence-corrected chi connectivity index (χ3v) is 3.23. The number of hydrogen-bond donors (Lipinski definition) is 0. The molecule has 4 nitrogen and oxygen atoms in total. The van der Waals surface area contributed by atoms with Gasteiger partial charge in [-0.3, -0.25) is 0 Å². The van der Waals surface area contributed by atoms with E-state index in [1.54, 1.807) is 4.90 Å². The first kappa shape index (κ1) is 15.8. The summed E-state index contributed by atoms with van der Waals surface area (Å²) in [6.45, 7) is 12.9. The summed E-state index contributed by atoms with van der Waals surface area (Å²) in [5.74, 6) is 0. The molecule has 1 aliphatic heterocycles. The summed E-state index contributed by atoms with van der Waals surface area (Å²) >= 11 is 3.57. The second-order valence-corrected chi connectivity index (χ2v) is 7.85. The Bertz CT molecular complexity index is 306. The average molecular weight is 322 g/mol. The lowest BCUT2D eigenvalue weighted by Gasteiger charge is -2.27. The maximum absolute atomic E-state index is 11.9. The molecule has 0 N–H and O–H groups in total. The maximum atomic E-state index is 11.9. The fourth-order valence-corrected chi connectivity index (χ4v) is 2.40. The molecule has 0 aliphatic carbocycles. The van der Waals surface area contributed by atoms with Crippen LogP contribution in [0.5, 0.6) is 0 Å². The number of hydrogen-bond acceptors (Lipinski definition) is 3. The Morgan fingerprint density at radius 2 is 1.67 bits per heavy atom. The van der Waals surface area contributed by atoms with E-state index in [9.17, 15) is 4.79 Å². The van der Waals surface area contributed by atoms with E-state index < -0.39 is 5.60 Å². The Labute approximate surface area is 118 Å². The number of ether oxygens (including phenoxy) is 2. The summed E-state index contributed by atoms with van der Waals surface area (Å²) in [5, 5.41) is 0. The topological polar surface area (TPSA) is 38.8 Å². The third-order valence-electron chi connectivity index (χ3n) is 2.36. The van der Waals surface area contributed by atoms with Crippen LogP contribution in [0.2, 0.25) is 0 Å². The van der Waals surface area contributed by atoms with Gasteiger partial charge in [0.1, 0.15) is 5.60 Å². The highest BCUT2D eigenvalue weighted by atomic mass is 79.9. The lowest BCUT2D eigenvalue weighted by atomic mass is 10.2. The van der Waals surface area contributed by atoms with E-state index in [4.69, 9.17) is 9.47 Å². The second kappa shape index (κ2) is 5.37. The molecule has 0 aromatic carbocycles. The number of nitrogens with zero attached hydrogens (tertiary/aromatic N) is 1. The van der Waals surface area contributed by atoms with E-state index in [-0.39, 0.29) is 22.6 Å². The Morgan fingerprint density at radius 1 is 1.11 bits per heavy atom. The molecule has 0 radical (unpaired) electrons. The molecule has 106 valence electrons. The highest BCUT2D eigenvalue weighted by molar-refractivity contribution is 9.09. The van der Waals surface area contributed by atoms with Gasteiger partial charge in [0.2, 0.25) is 0 Å². The zero-order valence-corrected chi connectivity index (χ0v) is 13.7.